The molecule has 0 fully saturated rings. The maximum absolute atomic E-state index is 10.6. The van der Waals surface area contributed by atoms with Gasteiger partial charge in [-0.15, -0.1) is 0 Å². The predicted octanol–water partition coefficient (Wildman–Crippen LogP) is 0.0714. The zero-order chi connectivity index (χ0) is 9.56. The van der Waals surface area contributed by atoms with Crippen molar-refractivity contribution in [1.29, 1.82) is 0 Å². The van der Waals surface area contributed by atoms with Crippen LogP contribution in [0.5, 0.6) is 0 Å². The van der Waals surface area contributed by atoms with E-state index in [2.05, 4.69) is 4.74 Å². The molecule has 0 aliphatic rings. The molecule has 0 aromatic heterocycles. The van der Waals surface area contributed by atoms with E-state index in [0.717, 1.165) is 0 Å². The van der Waals surface area contributed by atoms with Crippen molar-refractivity contribution >= 4 is 5.97 Å². The minimum absolute atomic E-state index is 0.0481. The Kier molecular flexibility index (Phi) is 5.66. The third-order valence-corrected chi connectivity index (χ3v) is 1.65. The van der Waals surface area contributed by atoms with Crippen LogP contribution in [0.2, 0.25) is 0 Å². The van der Waals surface area contributed by atoms with Crippen LogP contribution in [0.3, 0.4) is 0 Å². The van der Waals surface area contributed by atoms with Crippen LogP contribution in [0.15, 0.2) is 0 Å². The van der Waals surface area contributed by atoms with Gasteiger partial charge in [-0.05, 0) is 12.8 Å². The standard InChI is InChI=1S/C8H16O4/c1-3-6(9)4-7(10)5-8(11)12-2/h6-7,9-10H,3-5H2,1-2H3/t6-,7-/m1/s1. The number of methoxy groups -OCH3 is 1. The molecule has 0 heterocycles. The molecule has 0 aliphatic heterocycles. The molecule has 0 bridgehead atoms. The smallest absolute Gasteiger partial charge is 0.308 e. The van der Waals surface area contributed by atoms with E-state index >= 15 is 0 Å². The summed E-state index contributed by atoms with van der Waals surface area (Å²) in [5.74, 6) is -0.453. The van der Waals surface area contributed by atoms with E-state index in [1.54, 1.807) is 0 Å². The molecule has 4 heteroatoms. The normalized spacial score (nSPS) is 15.3. The zero-order valence-corrected chi connectivity index (χ0v) is 7.49. The Labute approximate surface area is 72.2 Å². The summed E-state index contributed by atoms with van der Waals surface area (Å²) in [7, 11) is 1.27. The summed E-state index contributed by atoms with van der Waals surface area (Å²) in [5, 5.41) is 18.3. The number of aliphatic hydroxyl groups is 2. The summed E-state index contributed by atoms with van der Waals surface area (Å²) in [6.07, 6.45) is -0.575. The van der Waals surface area contributed by atoms with Gasteiger partial charge in [0.2, 0.25) is 0 Å². The van der Waals surface area contributed by atoms with Gasteiger partial charge in [-0.1, -0.05) is 6.92 Å². The molecule has 4 nitrogen and oxygen atoms in total. The van der Waals surface area contributed by atoms with Crippen LogP contribution in [0.4, 0.5) is 0 Å². The molecule has 0 unspecified atom stereocenters. The summed E-state index contributed by atoms with van der Waals surface area (Å²) in [6, 6.07) is 0. The molecular weight excluding hydrogens is 160 g/mol. The molecule has 12 heavy (non-hydrogen) atoms. The third-order valence-electron chi connectivity index (χ3n) is 1.65. The van der Waals surface area contributed by atoms with Gasteiger partial charge in [0.05, 0.1) is 25.7 Å². The van der Waals surface area contributed by atoms with Crippen molar-refractivity contribution in [3.05, 3.63) is 0 Å². The molecule has 0 aromatic carbocycles. The summed E-state index contributed by atoms with van der Waals surface area (Å²) in [4.78, 5) is 10.6. The van der Waals surface area contributed by atoms with E-state index in [-0.39, 0.29) is 12.8 Å². The number of hydrogen-bond donors (Lipinski definition) is 2. The highest BCUT2D eigenvalue weighted by Crippen LogP contribution is 2.05. The first-order valence-corrected chi connectivity index (χ1v) is 4.03. The predicted molar refractivity (Wildman–Crippen MR) is 43.6 cm³/mol. The van der Waals surface area contributed by atoms with Gasteiger partial charge in [0.25, 0.3) is 0 Å². The van der Waals surface area contributed by atoms with Crippen LogP contribution in [0.25, 0.3) is 0 Å². The van der Waals surface area contributed by atoms with Crippen molar-refractivity contribution in [3.63, 3.8) is 0 Å². The van der Waals surface area contributed by atoms with Gasteiger partial charge in [-0.2, -0.15) is 0 Å². The van der Waals surface area contributed by atoms with E-state index < -0.39 is 18.2 Å². The Hall–Kier alpha value is -0.610. The van der Waals surface area contributed by atoms with Crippen molar-refractivity contribution in [1.82, 2.24) is 0 Å². The lowest BCUT2D eigenvalue weighted by Crippen LogP contribution is -2.20. The first-order chi connectivity index (χ1) is 5.60. The molecule has 2 atom stereocenters. The zero-order valence-electron chi connectivity index (χ0n) is 7.49. The Balaban J connectivity index is 3.58. The van der Waals surface area contributed by atoms with E-state index in [0.29, 0.717) is 6.42 Å². The molecule has 0 radical (unpaired) electrons. The van der Waals surface area contributed by atoms with Gasteiger partial charge in [0.15, 0.2) is 0 Å². The highest BCUT2D eigenvalue weighted by atomic mass is 16.5. The summed E-state index contributed by atoms with van der Waals surface area (Å²) >= 11 is 0. The first-order valence-electron chi connectivity index (χ1n) is 4.03. The molecule has 0 amide bonds. The van der Waals surface area contributed by atoms with Gasteiger partial charge >= 0.3 is 5.97 Å². The Morgan fingerprint density at radius 3 is 2.42 bits per heavy atom. The number of hydrogen-bond acceptors (Lipinski definition) is 4. The fourth-order valence-corrected chi connectivity index (χ4v) is 0.840. The lowest BCUT2D eigenvalue weighted by Gasteiger charge is -2.12. The van der Waals surface area contributed by atoms with Crippen molar-refractivity contribution in [2.45, 2.75) is 38.4 Å². The number of ether oxygens (including phenoxy) is 1. The average Bonchev–Trinajstić information content (AvgIpc) is 2.03. The van der Waals surface area contributed by atoms with Crippen LogP contribution in [-0.2, 0) is 9.53 Å². The lowest BCUT2D eigenvalue weighted by molar-refractivity contribution is -0.143. The van der Waals surface area contributed by atoms with E-state index in [1.807, 2.05) is 6.92 Å². The van der Waals surface area contributed by atoms with Crippen molar-refractivity contribution in [2.24, 2.45) is 0 Å². The van der Waals surface area contributed by atoms with Gasteiger partial charge in [0.1, 0.15) is 0 Å². The largest absolute Gasteiger partial charge is 0.469 e. The molecule has 72 valence electrons. The third kappa shape index (κ3) is 5.09. The number of carbonyl (C=O) groups excluding carboxylic acids is 1. The van der Waals surface area contributed by atoms with Crippen LogP contribution in [0, 0.1) is 0 Å². The quantitative estimate of drug-likeness (QED) is 0.582. The molecular formula is C8H16O4. The lowest BCUT2D eigenvalue weighted by atomic mass is 10.1. The topological polar surface area (TPSA) is 66.8 Å². The molecule has 0 saturated carbocycles. The Morgan fingerprint density at radius 1 is 1.42 bits per heavy atom. The minimum Gasteiger partial charge on any atom is -0.469 e. The first kappa shape index (κ1) is 11.4. The fraction of sp³-hybridized carbons (Fsp3) is 0.875. The Morgan fingerprint density at radius 2 is 2.00 bits per heavy atom. The SMILES string of the molecule is CC[C@@H](O)C[C@@H](O)CC(=O)OC. The molecule has 0 saturated heterocycles. The van der Waals surface area contributed by atoms with Crippen LogP contribution in [0.1, 0.15) is 26.2 Å². The minimum atomic E-state index is -0.799. The van der Waals surface area contributed by atoms with Gasteiger partial charge in [-0.25, -0.2) is 0 Å². The molecule has 0 rings (SSSR count). The van der Waals surface area contributed by atoms with Gasteiger partial charge in [-0.3, -0.25) is 4.79 Å². The monoisotopic (exact) mass is 176 g/mol. The maximum Gasteiger partial charge on any atom is 0.308 e. The number of carbonyl (C=O) groups is 1. The summed E-state index contributed by atoms with van der Waals surface area (Å²) in [6.45, 7) is 1.82. The van der Waals surface area contributed by atoms with Crippen molar-refractivity contribution in [2.75, 3.05) is 7.11 Å². The van der Waals surface area contributed by atoms with Crippen LogP contribution >= 0.6 is 0 Å². The van der Waals surface area contributed by atoms with Crippen LogP contribution in [-0.4, -0.2) is 35.5 Å². The van der Waals surface area contributed by atoms with Crippen LogP contribution < -0.4 is 0 Å². The van der Waals surface area contributed by atoms with Crippen molar-refractivity contribution in [3.8, 4) is 0 Å². The Bertz CT molecular complexity index is 135. The number of esters is 1. The second-order valence-corrected chi connectivity index (χ2v) is 2.73. The highest BCUT2D eigenvalue weighted by molar-refractivity contribution is 5.69. The maximum atomic E-state index is 10.6. The summed E-state index contributed by atoms with van der Waals surface area (Å²) < 4.78 is 4.36. The summed E-state index contributed by atoms with van der Waals surface area (Å²) in [5.41, 5.74) is 0. The highest BCUT2D eigenvalue weighted by Gasteiger charge is 2.14. The fourth-order valence-electron chi connectivity index (χ4n) is 0.840. The molecule has 0 spiro atoms. The molecule has 0 aromatic rings. The number of rotatable bonds is 5. The molecule has 0 aliphatic carbocycles. The van der Waals surface area contributed by atoms with Gasteiger partial charge < -0.3 is 14.9 Å². The van der Waals surface area contributed by atoms with E-state index in [1.165, 1.54) is 7.11 Å². The second kappa shape index (κ2) is 5.97. The second-order valence-electron chi connectivity index (χ2n) is 2.73. The average molecular weight is 176 g/mol. The molecule has 2 N–H and O–H groups in total. The van der Waals surface area contributed by atoms with E-state index in [9.17, 15) is 9.90 Å². The van der Waals surface area contributed by atoms with Gasteiger partial charge in [0, 0.05) is 0 Å². The number of aliphatic hydroxyl groups excluding tert-OH is 2. The van der Waals surface area contributed by atoms with Crippen molar-refractivity contribution < 1.29 is 19.7 Å². The van der Waals surface area contributed by atoms with E-state index in [4.69, 9.17) is 5.11 Å².